The molecule has 1 heterocycles. The largest absolute Gasteiger partial charge is 0.357 e. The number of imide groups is 1. The molecule has 0 spiro atoms. The fraction of sp³-hybridized carbons (Fsp3) is 0.842. The van der Waals surface area contributed by atoms with Gasteiger partial charge in [0.05, 0.1) is 6.54 Å². The minimum Gasteiger partial charge on any atom is -0.357 e. The molecule has 0 aromatic heterocycles. The Balaban J connectivity index is 1.86. The average Bonchev–Trinajstić information content (AvgIpc) is 2.58. The summed E-state index contributed by atoms with van der Waals surface area (Å²) in [5.74, 6) is 2.36. The maximum atomic E-state index is 11.9. The number of carbonyl (C=O) groups excluding carboxylic acids is 2. The van der Waals surface area contributed by atoms with Crippen LogP contribution in [-0.4, -0.2) is 60.8 Å². The van der Waals surface area contributed by atoms with Crippen LogP contribution in [0, 0.1) is 11.8 Å². The average molecular weight is 351 g/mol. The minimum absolute atomic E-state index is 0.0545. The normalized spacial score (nSPS) is 25.2. The van der Waals surface area contributed by atoms with Gasteiger partial charge in [0.25, 0.3) is 0 Å². The first-order valence-electron chi connectivity index (χ1n) is 9.83. The molecule has 6 nitrogen and oxygen atoms in total. The standard InChI is InChI=1S/C19H34N4O2/c1-4-20-19(22(3)14-16-10-8-15(2)9-11-16)21-12-13-23-17(24)6-5-7-18(23)25/h15-16H,4-14H2,1-3H3,(H,20,21). The number of hydrogen-bond donors (Lipinski definition) is 1. The first-order chi connectivity index (χ1) is 12.0. The summed E-state index contributed by atoms with van der Waals surface area (Å²) < 4.78 is 0. The Morgan fingerprint density at radius 2 is 1.84 bits per heavy atom. The third-order valence-electron chi connectivity index (χ3n) is 5.33. The van der Waals surface area contributed by atoms with Gasteiger partial charge in [-0.2, -0.15) is 0 Å². The van der Waals surface area contributed by atoms with Gasteiger partial charge in [-0.1, -0.05) is 19.8 Å². The highest BCUT2D eigenvalue weighted by Gasteiger charge is 2.25. The van der Waals surface area contributed by atoms with E-state index in [4.69, 9.17) is 0 Å². The van der Waals surface area contributed by atoms with E-state index in [1.165, 1.54) is 30.6 Å². The summed E-state index contributed by atoms with van der Waals surface area (Å²) in [5.41, 5.74) is 0. The van der Waals surface area contributed by atoms with Gasteiger partial charge in [-0.15, -0.1) is 0 Å². The van der Waals surface area contributed by atoms with Crippen molar-refractivity contribution in [1.29, 1.82) is 0 Å². The number of nitrogens with one attached hydrogen (secondary N) is 1. The lowest BCUT2D eigenvalue weighted by Gasteiger charge is -2.31. The van der Waals surface area contributed by atoms with E-state index in [2.05, 4.69) is 36.1 Å². The van der Waals surface area contributed by atoms with Gasteiger partial charge < -0.3 is 10.2 Å². The first-order valence-corrected chi connectivity index (χ1v) is 9.83. The molecule has 1 aliphatic carbocycles. The van der Waals surface area contributed by atoms with Gasteiger partial charge in [-0.3, -0.25) is 19.5 Å². The smallest absolute Gasteiger partial charge is 0.229 e. The SMILES string of the molecule is CCNC(=NCCN1C(=O)CCCC1=O)N(C)CC1CCC(C)CC1. The van der Waals surface area contributed by atoms with Crippen LogP contribution in [0.1, 0.15) is 58.8 Å². The molecular weight excluding hydrogens is 316 g/mol. The minimum atomic E-state index is -0.0545. The summed E-state index contributed by atoms with van der Waals surface area (Å²) in [7, 11) is 2.08. The van der Waals surface area contributed by atoms with Crippen LogP contribution < -0.4 is 5.32 Å². The van der Waals surface area contributed by atoms with Crippen molar-refractivity contribution in [1.82, 2.24) is 15.1 Å². The van der Waals surface area contributed by atoms with Gasteiger partial charge in [0.15, 0.2) is 5.96 Å². The van der Waals surface area contributed by atoms with Crippen molar-refractivity contribution in [3.05, 3.63) is 0 Å². The highest BCUT2D eigenvalue weighted by atomic mass is 16.2. The van der Waals surface area contributed by atoms with Crippen LogP contribution >= 0.6 is 0 Å². The molecule has 1 saturated heterocycles. The molecule has 0 atom stereocenters. The predicted octanol–water partition coefficient (Wildman–Crippen LogP) is 2.25. The molecule has 0 aromatic carbocycles. The van der Waals surface area contributed by atoms with Crippen molar-refractivity contribution >= 4 is 17.8 Å². The van der Waals surface area contributed by atoms with E-state index in [0.29, 0.717) is 32.4 Å². The molecule has 0 aromatic rings. The van der Waals surface area contributed by atoms with Crippen LogP contribution in [0.2, 0.25) is 0 Å². The molecule has 142 valence electrons. The van der Waals surface area contributed by atoms with E-state index in [0.717, 1.165) is 30.9 Å². The number of piperidine rings is 1. The van der Waals surface area contributed by atoms with E-state index in [-0.39, 0.29) is 11.8 Å². The maximum absolute atomic E-state index is 11.9. The van der Waals surface area contributed by atoms with E-state index in [9.17, 15) is 9.59 Å². The summed E-state index contributed by atoms with van der Waals surface area (Å²) in [4.78, 5) is 31.9. The second-order valence-corrected chi connectivity index (χ2v) is 7.53. The van der Waals surface area contributed by atoms with E-state index >= 15 is 0 Å². The Morgan fingerprint density at radius 1 is 1.20 bits per heavy atom. The predicted molar refractivity (Wildman–Crippen MR) is 100 cm³/mol. The summed E-state index contributed by atoms with van der Waals surface area (Å²) in [5, 5.41) is 3.33. The lowest BCUT2D eigenvalue weighted by molar-refractivity contribution is -0.147. The lowest BCUT2D eigenvalue weighted by Crippen LogP contribution is -2.44. The van der Waals surface area contributed by atoms with Crippen LogP contribution in [0.4, 0.5) is 0 Å². The molecule has 6 heteroatoms. The van der Waals surface area contributed by atoms with E-state index in [1.54, 1.807) is 0 Å². The molecule has 2 amide bonds. The number of likely N-dealkylation sites (tertiary alicyclic amines) is 1. The summed E-state index contributed by atoms with van der Waals surface area (Å²) in [6, 6.07) is 0. The van der Waals surface area contributed by atoms with Gasteiger partial charge in [0.2, 0.25) is 11.8 Å². The third-order valence-corrected chi connectivity index (χ3v) is 5.33. The fourth-order valence-electron chi connectivity index (χ4n) is 3.76. The van der Waals surface area contributed by atoms with Crippen molar-refractivity contribution in [2.24, 2.45) is 16.8 Å². The van der Waals surface area contributed by atoms with Crippen molar-refractivity contribution < 1.29 is 9.59 Å². The van der Waals surface area contributed by atoms with Crippen molar-refractivity contribution in [2.75, 3.05) is 33.2 Å². The van der Waals surface area contributed by atoms with Crippen LogP contribution in [0.3, 0.4) is 0 Å². The zero-order chi connectivity index (χ0) is 18.2. The zero-order valence-electron chi connectivity index (χ0n) is 16.1. The second-order valence-electron chi connectivity index (χ2n) is 7.53. The van der Waals surface area contributed by atoms with Gasteiger partial charge in [-0.25, -0.2) is 0 Å². The Labute approximate surface area is 152 Å². The molecule has 2 aliphatic rings. The zero-order valence-corrected chi connectivity index (χ0v) is 16.1. The number of hydrogen-bond acceptors (Lipinski definition) is 3. The number of nitrogens with zero attached hydrogens (tertiary/aromatic N) is 3. The molecule has 1 N–H and O–H groups in total. The number of carbonyl (C=O) groups is 2. The second kappa shape index (κ2) is 9.78. The molecule has 2 rings (SSSR count). The van der Waals surface area contributed by atoms with E-state index < -0.39 is 0 Å². The third kappa shape index (κ3) is 6.01. The summed E-state index contributed by atoms with van der Waals surface area (Å²) >= 11 is 0. The Hall–Kier alpha value is -1.59. The number of amides is 2. The van der Waals surface area contributed by atoms with E-state index in [1.807, 2.05) is 0 Å². The van der Waals surface area contributed by atoms with Gasteiger partial charge in [-0.05, 0) is 38.0 Å². The number of rotatable bonds is 6. The Morgan fingerprint density at radius 3 is 2.44 bits per heavy atom. The summed E-state index contributed by atoms with van der Waals surface area (Å²) in [6.45, 7) is 7.08. The molecule has 1 saturated carbocycles. The molecule has 25 heavy (non-hydrogen) atoms. The van der Waals surface area contributed by atoms with Crippen LogP contribution in [-0.2, 0) is 9.59 Å². The molecular formula is C19H34N4O2. The first kappa shape index (κ1) is 19.7. The molecule has 0 bridgehead atoms. The van der Waals surface area contributed by atoms with Gasteiger partial charge in [0, 0.05) is 39.5 Å². The summed E-state index contributed by atoms with van der Waals surface area (Å²) in [6.07, 6.45) is 6.88. The monoisotopic (exact) mass is 350 g/mol. The van der Waals surface area contributed by atoms with Crippen molar-refractivity contribution in [3.63, 3.8) is 0 Å². The number of guanidine groups is 1. The maximum Gasteiger partial charge on any atom is 0.229 e. The van der Waals surface area contributed by atoms with Crippen molar-refractivity contribution in [2.45, 2.75) is 58.8 Å². The van der Waals surface area contributed by atoms with Crippen LogP contribution in [0.25, 0.3) is 0 Å². The Kier molecular flexibility index (Phi) is 7.72. The van der Waals surface area contributed by atoms with Crippen molar-refractivity contribution in [3.8, 4) is 0 Å². The lowest BCUT2D eigenvalue weighted by atomic mass is 9.83. The highest BCUT2D eigenvalue weighted by Crippen LogP contribution is 2.28. The molecule has 0 unspecified atom stereocenters. The molecule has 0 radical (unpaired) electrons. The molecule has 1 aliphatic heterocycles. The van der Waals surface area contributed by atoms with Crippen LogP contribution in [0.5, 0.6) is 0 Å². The van der Waals surface area contributed by atoms with Gasteiger partial charge in [0.1, 0.15) is 0 Å². The van der Waals surface area contributed by atoms with Crippen LogP contribution in [0.15, 0.2) is 4.99 Å². The van der Waals surface area contributed by atoms with Gasteiger partial charge >= 0.3 is 0 Å². The Bertz CT molecular complexity index is 468. The highest BCUT2D eigenvalue weighted by molar-refractivity contribution is 5.97. The molecule has 2 fully saturated rings. The number of aliphatic imine (C=N–C) groups is 1. The topological polar surface area (TPSA) is 65.0 Å². The fourth-order valence-corrected chi connectivity index (χ4v) is 3.76. The quantitative estimate of drug-likeness (QED) is 0.453.